The van der Waals surface area contributed by atoms with Crippen LogP contribution in [0.4, 0.5) is 4.79 Å². The van der Waals surface area contributed by atoms with Gasteiger partial charge < -0.3 is 46.2 Å². The van der Waals surface area contributed by atoms with E-state index < -0.39 is 37.1 Å². The molecule has 0 spiro atoms. The van der Waals surface area contributed by atoms with Gasteiger partial charge in [-0.25, -0.2) is 4.79 Å². The quantitative estimate of drug-likeness (QED) is 0.0821. The molecule has 1 unspecified atom stereocenters. The number of aryl methyl sites for hydroxylation is 1. The van der Waals surface area contributed by atoms with E-state index in [1.165, 1.54) is 27.8 Å². The standard InChI is InChI=1S/C39H54N4O7/c1-25(8-4-3-7-18-41-38(49)42-23-33(45)36(47)37(48)34(46)24-44)27-12-11-26(2)28(20-27)21-43-39(16-17-39)32-22-40-19-15-30(32)31-9-5-6-10-35(31)50-29-13-14-29/h5-6,9-12,15,19-20,22,25,29,33-34,36-37,43-48H,3-4,7-8,13-14,16-18,21,23-24H2,1-2H3,(H2,41,42,49)/t25?,33-,34+,36+,37+/m0/s1. The van der Waals surface area contributed by atoms with Gasteiger partial charge in [0.05, 0.1) is 18.8 Å². The zero-order valence-corrected chi connectivity index (χ0v) is 29.2. The minimum atomic E-state index is -1.73. The minimum Gasteiger partial charge on any atom is -0.490 e. The Balaban J connectivity index is 1.06. The molecule has 11 heteroatoms. The van der Waals surface area contributed by atoms with E-state index in [2.05, 4.69) is 77.2 Å². The second-order valence-corrected chi connectivity index (χ2v) is 14.0. The molecular weight excluding hydrogens is 636 g/mol. The summed E-state index contributed by atoms with van der Waals surface area (Å²) in [7, 11) is 0. The summed E-state index contributed by atoms with van der Waals surface area (Å²) in [6, 6.07) is 16.8. The lowest BCUT2D eigenvalue weighted by Crippen LogP contribution is -2.50. The van der Waals surface area contributed by atoms with Gasteiger partial charge in [-0.3, -0.25) is 4.98 Å². The van der Waals surface area contributed by atoms with Crippen molar-refractivity contribution in [1.29, 1.82) is 0 Å². The zero-order chi connectivity index (χ0) is 35.7. The molecule has 2 aromatic carbocycles. The number of hydrogen-bond donors (Lipinski definition) is 8. The number of nitrogens with one attached hydrogen (secondary N) is 3. The molecule has 2 fully saturated rings. The number of unbranched alkanes of at least 4 members (excludes halogenated alkanes) is 2. The molecule has 50 heavy (non-hydrogen) atoms. The third kappa shape index (κ3) is 10.0. The Morgan fingerprint density at radius 1 is 0.960 bits per heavy atom. The molecule has 0 aliphatic heterocycles. The highest BCUT2D eigenvalue weighted by molar-refractivity contribution is 5.75. The number of ether oxygens (including phenoxy) is 1. The van der Waals surface area contributed by atoms with Crippen LogP contribution in [-0.2, 0) is 12.1 Å². The summed E-state index contributed by atoms with van der Waals surface area (Å²) in [6.45, 7) is 4.59. The Bertz CT molecular complexity index is 1550. The molecule has 0 bridgehead atoms. The zero-order valence-electron chi connectivity index (χ0n) is 29.2. The van der Waals surface area contributed by atoms with Crippen molar-refractivity contribution in [2.24, 2.45) is 0 Å². The van der Waals surface area contributed by atoms with Crippen molar-refractivity contribution in [3.63, 3.8) is 0 Å². The maximum Gasteiger partial charge on any atom is 0.314 e. The number of para-hydroxylation sites is 1. The number of carbonyl (C=O) groups excluding carboxylic acids is 1. The van der Waals surface area contributed by atoms with Crippen LogP contribution in [0.3, 0.4) is 0 Å². The van der Waals surface area contributed by atoms with Crippen molar-refractivity contribution in [2.45, 2.75) is 114 Å². The molecule has 8 N–H and O–H groups in total. The van der Waals surface area contributed by atoms with Gasteiger partial charge in [-0.2, -0.15) is 0 Å². The normalized spacial score (nSPS) is 18.1. The number of nitrogens with zero attached hydrogens (tertiary/aromatic N) is 1. The summed E-state index contributed by atoms with van der Waals surface area (Å²) in [4.78, 5) is 16.6. The number of carbonyl (C=O) groups is 1. The van der Waals surface area contributed by atoms with Crippen LogP contribution in [0.15, 0.2) is 60.9 Å². The Morgan fingerprint density at radius 3 is 2.46 bits per heavy atom. The maximum atomic E-state index is 12.1. The highest BCUT2D eigenvalue weighted by atomic mass is 16.5. The van der Waals surface area contributed by atoms with E-state index >= 15 is 0 Å². The second kappa shape index (κ2) is 17.6. The lowest BCUT2D eigenvalue weighted by atomic mass is 9.91. The summed E-state index contributed by atoms with van der Waals surface area (Å²) >= 11 is 0. The molecule has 1 heterocycles. The summed E-state index contributed by atoms with van der Waals surface area (Å²) in [5, 5.41) is 56.9. The van der Waals surface area contributed by atoms with Gasteiger partial charge in [0, 0.05) is 43.1 Å². The monoisotopic (exact) mass is 690 g/mol. The van der Waals surface area contributed by atoms with Gasteiger partial charge in [-0.1, -0.05) is 56.2 Å². The highest BCUT2D eigenvalue weighted by Gasteiger charge is 2.46. The van der Waals surface area contributed by atoms with Gasteiger partial charge in [-0.05, 0) is 91.3 Å². The topological polar surface area (TPSA) is 176 Å². The van der Waals surface area contributed by atoms with Gasteiger partial charge in [0.25, 0.3) is 0 Å². The van der Waals surface area contributed by atoms with E-state index in [1.54, 1.807) is 0 Å². The summed E-state index contributed by atoms with van der Waals surface area (Å²) in [6.07, 6.45) is 5.85. The molecule has 0 radical (unpaired) electrons. The Morgan fingerprint density at radius 2 is 1.72 bits per heavy atom. The van der Waals surface area contributed by atoms with Gasteiger partial charge in [-0.15, -0.1) is 0 Å². The van der Waals surface area contributed by atoms with Crippen LogP contribution in [0.1, 0.15) is 86.5 Å². The van der Waals surface area contributed by atoms with Crippen molar-refractivity contribution >= 4 is 6.03 Å². The van der Waals surface area contributed by atoms with E-state index in [-0.39, 0.29) is 12.1 Å². The lowest BCUT2D eigenvalue weighted by molar-refractivity contribution is -0.113. The Kier molecular flexibility index (Phi) is 13.2. The largest absolute Gasteiger partial charge is 0.490 e. The van der Waals surface area contributed by atoms with Crippen LogP contribution in [-0.4, -0.2) is 86.8 Å². The fourth-order valence-corrected chi connectivity index (χ4v) is 6.35. The van der Waals surface area contributed by atoms with Crippen molar-refractivity contribution < 1.29 is 35.1 Å². The maximum absolute atomic E-state index is 12.1. The third-order valence-electron chi connectivity index (χ3n) is 10.0. The number of aliphatic hydroxyl groups excluding tert-OH is 5. The van der Waals surface area contributed by atoms with Gasteiger partial charge in [0.2, 0.25) is 0 Å². The van der Waals surface area contributed by atoms with Crippen LogP contribution in [0.25, 0.3) is 11.1 Å². The van der Waals surface area contributed by atoms with Crippen LogP contribution < -0.4 is 20.7 Å². The van der Waals surface area contributed by atoms with E-state index in [0.717, 1.165) is 69.2 Å². The minimum absolute atomic E-state index is 0.108. The SMILES string of the molecule is Cc1ccc(C(C)CCCCCNC(=O)NC[C@H](O)[C@@H](O)[C@H](O)[C@H](O)CO)cc1CNC1(c2cnccc2-c2ccccc2OC2CC2)CC1. The first-order chi connectivity index (χ1) is 24.1. The molecule has 5 atom stereocenters. The molecule has 2 saturated carbocycles. The van der Waals surface area contributed by atoms with E-state index in [0.29, 0.717) is 18.6 Å². The molecular formula is C39H54N4O7. The van der Waals surface area contributed by atoms with Crippen LogP contribution >= 0.6 is 0 Å². The molecule has 1 aromatic heterocycles. The van der Waals surface area contributed by atoms with Crippen molar-refractivity contribution in [3.8, 4) is 16.9 Å². The van der Waals surface area contributed by atoms with Crippen molar-refractivity contribution in [2.75, 3.05) is 19.7 Å². The molecule has 3 aromatic rings. The molecule has 0 saturated heterocycles. The molecule has 2 aliphatic rings. The summed E-state index contributed by atoms with van der Waals surface area (Å²) in [5.74, 6) is 1.34. The smallest absolute Gasteiger partial charge is 0.314 e. The number of aromatic nitrogens is 1. The number of benzene rings is 2. The molecule has 2 aliphatic carbocycles. The van der Waals surface area contributed by atoms with E-state index in [1.807, 2.05) is 18.5 Å². The molecule has 5 rings (SSSR count). The van der Waals surface area contributed by atoms with E-state index in [9.17, 15) is 25.2 Å². The molecule has 272 valence electrons. The number of amides is 2. The van der Waals surface area contributed by atoms with Crippen molar-refractivity contribution in [1.82, 2.24) is 20.9 Å². The Labute approximate surface area is 295 Å². The number of pyridine rings is 1. The Hall–Kier alpha value is -3.58. The van der Waals surface area contributed by atoms with E-state index in [4.69, 9.17) is 9.84 Å². The average molecular weight is 691 g/mol. The van der Waals surface area contributed by atoms with Gasteiger partial charge in [0.1, 0.15) is 24.1 Å². The number of aliphatic hydroxyl groups is 5. The predicted molar refractivity (Wildman–Crippen MR) is 192 cm³/mol. The van der Waals surface area contributed by atoms with Crippen LogP contribution in [0.2, 0.25) is 0 Å². The third-order valence-corrected chi connectivity index (χ3v) is 10.0. The number of rotatable bonds is 20. The summed E-state index contributed by atoms with van der Waals surface area (Å²) < 4.78 is 6.28. The first-order valence-corrected chi connectivity index (χ1v) is 18.0. The fourth-order valence-electron chi connectivity index (χ4n) is 6.35. The highest BCUT2D eigenvalue weighted by Crippen LogP contribution is 2.50. The number of hydrogen-bond acceptors (Lipinski definition) is 9. The van der Waals surface area contributed by atoms with Crippen molar-refractivity contribution in [3.05, 3.63) is 83.2 Å². The molecule has 11 nitrogen and oxygen atoms in total. The first kappa shape index (κ1) is 37.7. The van der Waals surface area contributed by atoms with Crippen LogP contribution in [0, 0.1) is 6.92 Å². The van der Waals surface area contributed by atoms with Gasteiger partial charge in [0.15, 0.2) is 0 Å². The molecule has 2 amide bonds. The first-order valence-electron chi connectivity index (χ1n) is 18.0. The number of urea groups is 1. The summed E-state index contributed by atoms with van der Waals surface area (Å²) in [5.41, 5.74) is 7.32. The van der Waals surface area contributed by atoms with Crippen LogP contribution in [0.5, 0.6) is 5.75 Å². The fraction of sp³-hybridized carbons (Fsp3) is 0.538. The predicted octanol–water partition coefficient (Wildman–Crippen LogP) is 3.78. The van der Waals surface area contributed by atoms with Gasteiger partial charge >= 0.3 is 6.03 Å². The average Bonchev–Trinajstić information content (AvgIpc) is 4.08. The lowest BCUT2D eigenvalue weighted by Gasteiger charge is -2.25. The second-order valence-electron chi connectivity index (χ2n) is 14.0.